The molecule has 0 aliphatic rings. The average Bonchev–Trinajstić information content (AvgIpc) is 2.76. The van der Waals surface area contributed by atoms with Crippen LogP contribution >= 0.6 is 0 Å². The second-order valence-electron chi connectivity index (χ2n) is 6.79. The first-order valence-corrected chi connectivity index (χ1v) is 11.0. The van der Waals surface area contributed by atoms with Crippen LogP contribution in [-0.4, -0.2) is 31.7 Å². The highest BCUT2D eigenvalue weighted by Gasteiger charge is 2.32. The fraction of sp³-hybridized carbons (Fsp3) is 0.0476. The minimum Gasteiger partial charge on any atom is -0.478 e. The van der Waals surface area contributed by atoms with Crippen LogP contribution in [-0.2, 0) is 10.0 Å². The summed E-state index contributed by atoms with van der Waals surface area (Å²) in [5, 5.41) is 11.1. The smallest absolute Gasteiger partial charge is 0.339 e. The van der Waals surface area contributed by atoms with Crippen LogP contribution in [0.2, 0.25) is 0 Å². The van der Waals surface area contributed by atoms with Crippen LogP contribution < -0.4 is 14.8 Å². The number of rotatable bonds is 7. The molecule has 0 atom stereocenters. The van der Waals surface area contributed by atoms with Crippen molar-refractivity contribution in [2.24, 2.45) is 0 Å². The molecule has 0 radical (unpaired) electrons. The summed E-state index contributed by atoms with van der Waals surface area (Å²) in [6.45, 7) is 0. The zero-order chi connectivity index (χ0) is 25.2. The van der Waals surface area contributed by atoms with Crippen molar-refractivity contribution in [3.8, 4) is 11.5 Å². The Kier molecular flexibility index (Phi) is 6.77. The monoisotopic (exact) mass is 498 g/mol. The normalized spacial score (nSPS) is 11.1. The van der Waals surface area contributed by atoms with Gasteiger partial charge in [0.1, 0.15) is 17.1 Å². The molecule has 0 saturated heterocycles. The number of carbonyl (C=O) groups is 2. The van der Waals surface area contributed by atoms with Crippen molar-refractivity contribution in [2.45, 2.75) is 0 Å². The number of carbonyl (C=O) groups excluding carboxylic acids is 1. The number of hydrogen-bond acceptors (Lipinski definition) is 5. The Morgan fingerprint density at radius 3 is 1.65 bits per heavy atom. The summed E-state index contributed by atoms with van der Waals surface area (Å²) in [6.07, 6.45) is 0.998. The highest BCUT2D eigenvalue weighted by molar-refractivity contribution is 7.92. The molecule has 0 unspecified atom stereocenters. The number of amides is 1. The molecule has 3 rings (SSSR count). The van der Waals surface area contributed by atoms with E-state index in [9.17, 15) is 35.6 Å². The van der Waals surface area contributed by atoms with E-state index in [2.05, 4.69) is 10.0 Å². The summed E-state index contributed by atoms with van der Waals surface area (Å²) < 4.78 is 85.1. The number of hydrogen-bond donors (Lipinski definition) is 3. The number of anilines is 2. The lowest BCUT2D eigenvalue weighted by molar-refractivity contribution is 0.0684. The molecule has 0 bridgehead atoms. The molecule has 8 nitrogen and oxygen atoms in total. The molecule has 1 amide bonds. The number of carboxylic acids is 1. The second-order valence-corrected chi connectivity index (χ2v) is 8.54. The van der Waals surface area contributed by atoms with Crippen molar-refractivity contribution in [3.05, 3.63) is 82.9 Å². The zero-order valence-electron chi connectivity index (χ0n) is 17.0. The average molecular weight is 498 g/mol. The predicted octanol–water partition coefficient (Wildman–Crippen LogP) is 4.36. The summed E-state index contributed by atoms with van der Waals surface area (Å²) in [5.74, 6) is -12.1. The van der Waals surface area contributed by atoms with Crippen LogP contribution in [0.25, 0.3) is 0 Å². The lowest BCUT2D eigenvalue weighted by atomic mass is 10.0. The predicted molar refractivity (Wildman–Crippen MR) is 113 cm³/mol. The Morgan fingerprint density at radius 2 is 1.21 bits per heavy atom. The molecule has 3 aromatic carbocycles. The summed E-state index contributed by atoms with van der Waals surface area (Å²) in [5.41, 5.74) is -2.87. The molecule has 3 aromatic rings. The Hall–Kier alpha value is -4.13. The van der Waals surface area contributed by atoms with E-state index in [1.54, 1.807) is 0 Å². The lowest BCUT2D eigenvalue weighted by Gasteiger charge is -2.12. The molecular weight excluding hydrogens is 484 g/mol. The summed E-state index contributed by atoms with van der Waals surface area (Å²) in [6, 6.07) is 11.1. The molecule has 0 aliphatic heterocycles. The lowest BCUT2D eigenvalue weighted by Crippen LogP contribution is -2.22. The molecule has 0 fully saturated rings. The van der Waals surface area contributed by atoms with E-state index in [0.717, 1.165) is 6.26 Å². The van der Waals surface area contributed by atoms with Gasteiger partial charge in [-0.05, 0) is 48.5 Å². The molecular formula is C21H14F4N2O6S. The summed E-state index contributed by atoms with van der Waals surface area (Å²) in [4.78, 5) is 23.5. The van der Waals surface area contributed by atoms with Crippen molar-refractivity contribution in [2.75, 3.05) is 16.3 Å². The number of nitrogens with one attached hydrogen (secondary N) is 2. The van der Waals surface area contributed by atoms with Crippen LogP contribution in [0.3, 0.4) is 0 Å². The maximum absolute atomic E-state index is 14.1. The van der Waals surface area contributed by atoms with Crippen molar-refractivity contribution in [1.29, 1.82) is 0 Å². The molecule has 0 spiro atoms. The third kappa shape index (κ3) is 5.43. The molecule has 0 heterocycles. The second kappa shape index (κ2) is 9.39. The molecule has 13 heteroatoms. The van der Waals surface area contributed by atoms with Crippen molar-refractivity contribution in [1.82, 2.24) is 0 Å². The largest absolute Gasteiger partial charge is 0.478 e. The highest BCUT2D eigenvalue weighted by atomic mass is 32.2. The van der Waals surface area contributed by atoms with E-state index in [0.29, 0.717) is 11.4 Å². The minimum absolute atomic E-state index is 0.0223. The molecule has 34 heavy (non-hydrogen) atoms. The highest BCUT2D eigenvalue weighted by Crippen LogP contribution is 2.27. The Morgan fingerprint density at radius 1 is 0.765 bits per heavy atom. The van der Waals surface area contributed by atoms with Crippen molar-refractivity contribution >= 4 is 33.3 Å². The van der Waals surface area contributed by atoms with E-state index in [4.69, 9.17) is 9.84 Å². The van der Waals surface area contributed by atoms with Gasteiger partial charge in [0, 0.05) is 11.4 Å². The number of carboxylic acid groups (broad SMARTS) is 1. The van der Waals surface area contributed by atoms with Crippen LogP contribution in [0, 0.1) is 23.3 Å². The van der Waals surface area contributed by atoms with Gasteiger partial charge in [-0.25, -0.2) is 30.8 Å². The quantitative estimate of drug-likeness (QED) is 0.253. The van der Waals surface area contributed by atoms with Crippen LogP contribution in [0.4, 0.5) is 28.9 Å². The number of sulfonamides is 1. The molecule has 0 saturated carbocycles. The van der Waals surface area contributed by atoms with Gasteiger partial charge in [-0.2, -0.15) is 0 Å². The third-order valence-corrected chi connectivity index (χ3v) is 4.82. The summed E-state index contributed by atoms with van der Waals surface area (Å²) in [7, 11) is -3.44. The van der Waals surface area contributed by atoms with E-state index in [-0.39, 0.29) is 11.4 Å². The van der Waals surface area contributed by atoms with E-state index >= 15 is 0 Å². The zero-order valence-corrected chi connectivity index (χ0v) is 17.8. The number of ether oxygens (including phenoxy) is 1. The van der Waals surface area contributed by atoms with E-state index in [1.165, 1.54) is 48.5 Å². The fourth-order valence-corrected chi connectivity index (χ4v) is 3.35. The maximum atomic E-state index is 14.1. The molecule has 178 valence electrons. The third-order valence-electron chi connectivity index (χ3n) is 4.21. The number of halogens is 4. The number of benzene rings is 3. The van der Waals surface area contributed by atoms with Gasteiger partial charge in [0.05, 0.1) is 11.8 Å². The van der Waals surface area contributed by atoms with Gasteiger partial charge >= 0.3 is 5.97 Å². The van der Waals surface area contributed by atoms with Crippen molar-refractivity contribution in [3.63, 3.8) is 0 Å². The molecule has 0 aliphatic carbocycles. The Labute approximate surface area is 189 Å². The standard InChI is InChI=1S/C21H14F4N2O6S/c1-34(31,32)27-11-4-8-13(9-5-11)33-12-6-2-10(3-7-12)26-20(28)14-15(21(29)30)17(23)19(25)18(24)16(14)22/h2-9,27H,1H3,(H,26,28)(H,29,30). The van der Waals surface area contributed by atoms with Gasteiger partial charge in [0.2, 0.25) is 10.0 Å². The van der Waals surface area contributed by atoms with E-state index in [1.807, 2.05) is 0 Å². The SMILES string of the molecule is CS(=O)(=O)Nc1ccc(Oc2ccc(NC(=O)c3c(F)c(F)c(F)c(F)c3C(=O)O)cc2)cc1. The summed E-state index contributed by atoms with van der Waals surface area (Å²) >= 11 is 0. The first-order chi connectivity index (χ1) is 15.9. The van der Waals surface area contributed by atoms with Gasteiger partial charge in [-0.3, -0.25) is 9.52 Å². The van der Waals surface area contributed by atoms with Gasteiger partial charge in [0.25, 0.3) is 5.91 Å². The van der Waals surface area contributed by atoms with Crippen LogP contribution in [0.15, 0.2) is 48.5 Å². The van der Waals surface area contributed by atoms with Gasteiger partial charge in [0.15, 0.2) is 23.3 Å². The Balaban J connectivity index is 1.77. The fourth-order valence-electron chi connectivity index (χ4n) is 2.79. The molecule has 3 N–H and O–H groups in total. The first kappa shape index (κ1) is 24.5. The van der Waals surface area contributed by atoms with Gasteiger partial charge < -0.3 is 15.2 Å². The van der Waals surface area contributed by atoms with Crippen LogP contribution in [0.5, 0.6) is 11.5 Å². The Bertz CT molecular complexity index is 1380. The minimum atomic E-state index is -3.44. The van der Waals surface area contributed by atoms with Gasteiger partial charge in [-0.15, -0.1) is 0 Å². The van der Waals surface area contributed by atoms with Crippen LogP contribution in [0.1, 0.15) is 20.7 Å². The topological polar surface area (TPSA) is 122 Å². The van der Waals surface area contributed by atoms with Gasteiger partial charge in [-0.1, -0.05) is 0 Å². The maximum Gasteiger partial charge on any atom is 0.339 e. The first-order valence-electron chi connectivity index (χ1n) is 9.13. The van der Waals surface area contributed by atoms with E-state index < -0.39 is 56.3 Å². The number of aromatic carboxylic acids is 1. The van der Waals surface area contributed by atoms with Crippen molar-refractivity contribution < 1.29 is 45.4 Å². The molecule has 0 aromatic heterocycles.